The Bertz CT molecular complexity index is 895. The van der Waals surface area contributed by atoms with Crippen molar-refractivity contribution in [1.29, 1.82) is 0 Å². The molecule has 0 saturated heterocycles. The van der Waals surface area contributed by atoms with E-state index in [9.17, 15) is 25.0 Å². The molecule has 2 aromatic rings. The molecule has 2 rings (SSSR count). The van der Waals surface area contributed by atoms with E-state index in [0.717, 1.165) is 36.8 Å². The van der Waals surface area contributed by atoms with Gasteiger partial charge in [-0.1, -0.05) is 26.2 Å². The number of amides is 1. The van der Waals surface area contributed by atoms with Gasteiger partial charge in [-0.05, 0) is 36.2 Å². The molecule has 158 valence electrons. The van der Waals surface area contributed by atoms with Crippen molar-refractivity contribution >= 4 is 23.5 Å². The Balaban J connectivity index is 1.94. The molecule has 0 fully saturated rings. The predicted molar refractivity (Wildman–Crippen MR) is 111 cm³/mol. The molecule has 2 aromatic carbocycles. The maximum Gasteiger partial charge on any atom is 0.277 e. The van der Waals surface area contributed by atoms with Gasteiger partial charge in [0.1, 0.15) is 5.75 Å². The van der Waals surface area contributed by atoms with E-state index < -0.39 is 27.1 Å². The largest absolute Gasteiger partial charge is 0.494 e. The number of non-ortho nitro benzene ring substituents is 2. The second-order valence-electron chi connectivity index (χ2n) is 6.43. The average Bonchev–Trinajstić information content (AvgIpc) is 2.74. The molecule has 0 spiro atoms. The molecule has 0 atom stereocenters. The van der Waals surface area contributed by atoms with Crippen molar-refractivity contribution in [3.05, 3.63) is 73.8 Å². The number of hydrogen-bond donors (Lipinski definition) is 1. The summed E-state index contributed by atoms with van der Waals surface area (Å²) in [4.78, 5) is 32.3. The van der Waals surface area contributed by atoms with E-state index in [4.69, 9.17) is 4.74 Å². The number of hydrazone groups is 1. The molecule has 0 bridgehead atoms. The zero-order valence-corrected chi connectivity index (χ0v) is 16.4. The molecular formula is C20H22N4O6. The summed E-state index contributed by atoms with van der Waals surface area (Å²) in [5.74, 6) is -0.0679. The number of ether oxygens (including phenoxy) is 1. The van der Waals surface area contributed by atoms with Gasteiger partial charge in [-0.15, -0.1) is 0 Å². The number of rotatable bonds is 11. The minimum absolute atomic E-state index is 0.236. The maximum absolute atomic E-state index is 12.1. The molecule has 10 heteroatoms. The van der Waals surface area contributed by atoms with Gasteiger partial charge in [-0.3, -0.25) is 25.0 Å². The Morgan fingerprint density at radius 3 is 2.23 bits per heavy atom. The van der Waals surface area contributed by atoms with Crippen molar-refractivity contribution in [2.24, 2.45) is 5.10 Å². The number of nitro groups is 2. The second-order valence-corrected chi connectivity index (χ2v) is 6.43. The van der Waals surface area contributed by atoms with Crippen LogP contribution >= 0.6 is 0 Å². The van der Waals surface area contributed by atoms with E-state index >= 15 is 0 Å². The van der Waals surface area contributed by atoms with Crippen molar-refractivity contribution < 1.29 is 19.4 Å². The summed E-state index contributed by atoms with van der Waals surface area (Å²) in [7, 11) is 0. The minimum Gasteiger partial charge on any atom is -0.494 e. The zero-order valence-electron chi connectivity index (χ0n) is 16.4. The van der Waals surface area contributed by atoms with Gasteiger partial charge in [0.25, 0.3) is 17.3 Å². The first kappa shape index (κ1) is 22.5. The lowest BCUT2D eigenvalue weighted by atomic mass is 10.1. The number of nitrogens with one attached hydrogen (secondary N) is 1. The summed E-state index contributed by atoms with van der Waals surface area (Å²) in [5, 5.41) is 25.6. The first-order valence-electron chi connectivity index (χ1n) is 9.41. The van der Waals surface area contributed by atoms with Gasteiger partial charge in [0.15, 0.2) is 0 Å². The van der Waals surface area contributed by atoms with E-state index in [2.05, 4.69) is 17.5 Å². The Morgan fingerprint density at radius 2 is 1.67 bits per heavy atom. The van der Waals surface area contributed by atoms with Crippen LogP contribution in [0.2, 0.25) is 0 Å². The number of carbonyl (C=O) groups is 1. The van der Waals surface area contributed by atoms with Gasteiger partial charge in [0.2, 0.25) is 0 Å². The molecule has 0 aromatic heterocycles. The lowest BCUT2D eigenvalue weighted by Gasteiger charge is -2.06. The Hall–Kier alpha value is -3.82. The van der Waals surface area contributed by atoms with E-state index in [0.29, 0.717) is 12.2 Å². The van der Waals surface area contributed by atoms with Gasteiger partial charge >= 0.3 is 0 Å². The molecule has 1 amide bonds. The maximum atomic E-state index is 12.1. The molecule has 0 saturated carbocycles. The van der Waals surface area contributed by atoms with Gasteiger partial charge in [-0.2, -0.15) is 5.10 Å². The zero-order chi connectivity index (χ0) is 21.9. The average molecular weight is 414 g/mol. The summed E-state index contributed by atoms with van der Waals surface area (Å²) in [5.41, 5.74) is 1.55. The summed E-state index contributed by atoms with van der Waals surface area (Å²) < 4.78 is 5.64. The summed E-state index contributed by atoms with van der Waals surface area (Å²) in [6, 6.07) is 9.77. The van der Waals surface area contributed by atoms with E-state index in [-0.39, 0.29) is 5.56 Å². The van der Waals surface area contributed by atoms with E-state index in [1.54, 1.807) is 24.3 Å². The van der Waals surface area contributed by atoms with Crippen LogP contribution < -0.4 is 10.2 Å². The summed E-state index contributed by atoms with van der Waals surface area (Å²) >= 11 is 0. The van der Waals surface area contributed by atoms with Crippen LogP contribution in [0.1, 0.15) is 48.5 Å². The fourth-order valence-electron chi connectivity index (χ4n) is 2.54. The standard InChI is InChI=1S/C20H22N4O6/c1-2-3-4-5-10-30-19-8-6-15(7-9-19)14-21-22-20(25)16-11-17(23(26)27)13-18(12-16)24(28)29/h6-9,11-14H,2-5,10H2,1H3,(H,22,25). The van der Waals surface area contributed by atoms with Gasteiger partial charge in [-0.25, -0.2) is 5.43 Å². The van der Waals surface area contributed by atoms with E-state index in [1.807, 2.05) is 0 Å². The molecule has 0 radical (unpaired) electrons. The van der Waals surface area contributed by atoms with Crippen LogP contribution in [0, 0.1) is 20.2 Å². The van der Waals surface area contributed by atoms with Crippen LogP contribution in [-0.2, 0) is 0 Å². The van der Waals surface area contributed by atoms with Crippen molar-refractivity contribution in [2.75, 3.05) is 6.61 Å². The van der Waals surface area contributed by atoms with E-state index in [1.165, 1.54) is 19.1 Å². The quantitative estimate of drug-likeness (QED) is 0.253. The molecule has 30 heavy (non-hydrogen) atoms. The highest BCUT2D eigenvalue weighted by molar-refractivity contribution is 5.96. The van der Waals surface area contributed by atoms with Crippen LogP contribution in [0.3, 0.4) is 0 Å². The second kappa shape index (κ2) is 11.2. The number of nitro benzene ring substituents is 2. The van der Waals surface area contributed by atoms with Crippen LogP contribution in [0.5, 0.6) is 5.75 Å². The topological polar surface area (TPSA) is 137 Å². The number of hydrogen-bond acceptors (Lipinski definition) is 7. The molecule has 1 N–H and O–H groups in total. The highest BCUT2D eigenvalue weighted by Gasteiger charge is 2.19. The third-order valence-corrected chi connectivity index (χ3v) is 4.11. The van der Waals surface area contributed by atoms with Crippen molar-refractivity contribution in [3.63, 3.8) is 0 Å². The van der Waals surface area contributed by atoms with Crippen LogP contribution in [-0.4, -0.2) is 28.6 Å². The fraction of sp³-hybridized carbons (Fsp3) is 0.300. The number of carbonyl (C=O) groups excluding carboxylic acids is 1. The molecule has 0 unspecified atom stereocenters. The van der Waals surface area contributed by atoms with Gasteiger partial charge in [0, 0.05) is 12.1 Å². The highest BCUT2D eigenvalue weighted by atomic mass is 16.6. The number of benzene rings is 2. The molecule has 0 aliphatic rings. The summed E-state index contributed by atoms with van der Waals surface area (Å²) in [6.45, 7) is 2.80. The van der Waals surface area contributed by atoms with Gasteiger partial charge in [0.05, 0.1) is 34.3 Å². The summed E-state index contributed by atoms with van der Waals surface area (Å²) in [6.07, 6.45) is 5.87. The highest BCUT2D eigenvalue weighted by Crippen LogP contribution is 2.22. The van der Waals surface area contributed by atoms with Crippen LogP contribution in [0.15, 0.2) is 47.6 Å². The third-order valence-electron chi connectivity index (χ3n) is 4.11. The Morgan fingerprint density at radius 1 is 1.03 bits per heavy atom. The number of unbranched alkanes of at least 4 members (excludes halogenated alkanes) is 3. The first-order valence-corrected chi connectivity index (χ1v) is 9.41. The third kappa shape index (κ3) is 6.97. The van der Waals surface area contributed by atoms with Crippen LogP contribution in [0.25, 0.3) is 0 Å². The molecule has 0 aliphatic carbocycles. The Labute approximate surface area is 172 Å². The molecule has 0 heterocycles. The first-order chi connectivity index (χ1) is 14.4. The molecular weight excluding hydrogens is 392 g/mol. The fourth-order valence-corrected chi connectivity index (χ4v) is 2.54. The van der Waals surface area contributed by atoms with Crippen LogP contribution in [0.4, 0.5) is 11.4 Å². The monoisotopic (exact) mass is 414 g/mol. The smallest absolute Gasteiger partial charge is 0.277 e. The van der Waals surface area contributed by atoms with Crippen molar-refractivity contribution in [3.8, 4) is 5.75 Å². The predicted octanol–water partition coefficient (Wildman–Crippen LogP) is 4.23. The van der Waals surface area contributed by atoms with Crippen molar-refractivity contribution in [2.45, 2.75) is 32.6 Å². The lowest BCUT2D eigenvalue weighted by Crippen LogP contribution is -2.18. The number of nitrogens with zero attached hydrogens (tertiary/aromatic N) is 3. The SMILES string of the molecule is CCCCCCOc1ccc(C=NNC(=O)c2cc([N+](=O)[O-])cc([N+](=O)[O-])c2)cc1. The Kier molecular flexibility index (Phi) is 8.42. The lowest BCUT2D eigenvalue weighted by molar-refractivity contribution is -0.394. The normalized spacial score (nSPS) is 10.7. The van der Waals surface area contributed by atoms with Gasteiger partial charge < -0.3 is 4.74 Å². The minimum atomic E-state index is -0.805. The van der Waals surface area contributed by atoms with Crippen molar-refractivity contribution in [1.82, 2.24) is 5.43 Å². The molecule has 10 nitrogen and oxygen atoms in total. The molecule has 0 aliphatic heterocycles.